The van der Waals surface area contributed by atoms with Crippen molar-refractivity contribution in [2.75, 3.05) is 6.61 Å². The van der Waals surface area contributed by atoms with Gasteiger partial charge in [-0.05, 0) is 61.7 Å². The molecule has 0 aliphatic carbocycles. The van der Waals surface area contributed by atoms with E-state index < -0.39 is 0 Å². The zero-order chi connectivity index (χ0) is 36.9. The molecule has 0 unspecified atom stereocenters. The van der Waals surface area contributed by atoms with Crippen molar-refractivity contribution in [2.45, 2.75) is 27.4 Å². The third kappa shape index (κ3) is 8.18. The second-order valence-electron chi connectivity index (χ2n) is 13.1. The van der Waals surface area contributed by atoms with Gasteiger partial charge in [-0.1, -0.05) is 109 Å². The van der Waals surface area contributed by atoms with Gasteiger partial charge >= 0.3 is 0 Å². The van der Waals surface area contributed by atoms with Crippen molar-refractivity contribution in [1.29, 1.82) is 0 Å². The van der Waals surface area contributed by atoms with Gasteiger partial charge < -0.3 is 10.2 Å². The molecule has 0 atom stereocenters. The van der Waals surface area contributed by atoms with Gasteiger partial charge in [0.15, 0.2) is 0 Å². The quantitative estimate of drug-likeness (QED) is 0.0721. The minimum Gasteiger partial charge on any atom is -0.392 e. The molecule has 0 aliphatic heterocycles. The minimum absolute atomic E-state index is 0. The first-order chi connectivity index (χ1) is 25.8. The van der Waals surface area contributed by atoms with E-state index in [1.54, 1.807) is 12.1 Å². The third-order valence-electron chi connectivity index (χ3n) is 9.22. The van der Waals surface area contributed by atoms with Crippen molar-refractivity contribution in [1.82, 2.24) is 19.9 Å². The number of fused-ring (bicyclic) bond motifs is 6. The van der Waals surface area contributed by atoms with Crippen LogP contribution in [-0.2, 0) is 23.7 Å². The summed E-state index contributed by atoms with van der Waals surface area (Å²) in [7, 11) is 0. The molecule has 4 heterocycles. The summed E-state index contributed by atoms with van der Waals surface area (Å²) in [6.07, 6.45) is 4.71. The van der Waals surface area contributed by atoms with Gasteiger partial charge in [0.1, 0.15) is 6.29 Å². The zero-order valence-corrected chi connectivity index (χ0v) is 31.0. The third-order valence-corrected chi connectivity index (χ3v) is 9.22. The number of carbonyl (C=O) groups excluding carboxylic acids is 1. The Balaban J connectivity index is 0.000000187. The SMILES string of the molecule is C/C(=C\C=C(/C)c1ccc2ccc3ccc(-c4ccc(C=O)cc4)nc3c2n1)CO.Cc1ccc2ccc3ccc(-c4ccc(CO)cc4)nc3c2n1.[Cu]. The number of rotatable bonds is 7. The molecule has 4 aromatic heterocycles. The Morgan fingerprint density at radius 1 is 0.556 bits per heavy atom. The summed E-state index contributed by atoms with van der Waals surface area (Å²) in [6.45, 7) is 5.99. The van der Waals surface area contributed by atoms with Crippen molar-refractivity contribution >= 4 is 55.5 Å². The van der Waals surface area contributed by atoms with Gasteiger partial charge in [0.25, 0.3) is 0 Å². The predicted octanol–water partition coefficient (Wildman–Crippen LogP) is 9.85. The molecule has 271 valence electrons. The Morgan fingerprint density at radius 3 is 1.54 bits per heavy atom. The van der Waals surface area contributed by atoms with E-state index in [1.807, 2.05) is 93.6 Å². The summed E-state index contributed by atoms with van der Waals surface area (Å²) in [5, 5.41) is 22.6. The van der Waals surface area contributed by atoms with Crippen LogP contribution in [0, 0.1) is 6.92 Å². The van der Waals surface area contributed by atoms with Gasteiger partial charge in [0.2, 0.25) is 0 Å². The predicted molar refractivity (Wildman–Crippen MR) is 216 cm³/mol. The van der Waals surface area contributed by atoms with Crippen LogP contribution in [0.2, 0.25) is 0 Å². The fourth-order valence-electron chi connectivity index (χ4n) is 6.09. The summed E-state index contributed by atoms with van der Waals surface area (Å²) < 4.78 is 0. The Kier molecular flexibility index (Phi) is 11.8. The van der Waals surface area contributed by atoms with E-state index >= 15 is 0 Å². The van der Waals surface area contributed by atoms with Crippen molar-refractivity contribution in [3.63, 3.8) is 0 Å². The van der Waals surface area contributed by atoms with Crippen LogP contribution in [0.25, 0.3) is 71.7 Å². The monoisotopic (exact) mass is 757 g/mol. The fourth-order valence-corrected chi connectivity index (χ4v) is 6.09. The first kappa shape index (κ1) is 37.9. The Hall–Kier alpha value is -5.89. The molecule has 1 radical (unpaired) electrons. The zero-order valence-electron chi connectivity index (χ0n) is 30.1. The molecule has 4 aromatic carbocycles. The van der Waals surface area contributed by atoms with Crippen LogP contribution in [0.5, 0.6) is 0 Å². The molecule has 0 bridgehead atoms. The number of pyridine rings is 4. The van der Waals surface area contributed by atoms with Gasteiger partial charge in [0, 0.05) is 61.0 Å². The van der Waals surface area contributed by atoms with E-state index in [-0.39, 0.29) is 30.3 Å². The van der Waals surface area contributed by atoms with Gasteiger partial charge in [-0.25, -0.2) is 15.0 Å². The van der Waals surface area contributed by atoms with E-state index in [1.165, 1.54) is 0 Å². The van der Waals surface area contributed by atoms with Crippen molar-refractivity contribution < 1.29 is 32.1 Å². The molecule has 2 N–H and O–H groups in total. The Labute approximate surface area is 324 Å². The molecule has 54 heavy (non-hydrogen) atoms. The van der Waals surface area contributed by atoms with Crippen molar-refractivity contribution in [2.24, 2.45) is 0 Å². The number of carbonyl (C=O) groups is 1. The van der Waals surface area contributed by atoms with Gasteiger partial charge in [-0.2, -0.15) is 0 Å². The summed E-state index contributed by atoms with van der Waals surface area (Å²) in [5.74, 6) is 0. The van der Waals surface area contributed by atoms with Crippen molar-refractivity contribution in [3.8, 4) is 22.5 Å². The first-order valence-corrected chi connectivity index (χ1v) is 17.4. The van der Waals surface area contributed by atoms with Crippen molar-refractivity contribution in [3.05, 3.63) is 162 Å². The normalized spacial score (nSPS) is 11.7. The van der Waals surface area contributed by atoms with Crippen LogP contribution in [0.4, 0.5) is 0 Å². The van der Waals surface area contributed by atoms with Crippen LogP contribution in [-0.4, -0.2) is 43.0 Å². The number of benzene rings is 4. The van der Waals surface area contributed by atoms with Gasteiger partial charge in [0.05, 0.1) is 52.4 Å². The molecule has 8 aromatic rings. The maximum absolute atomic E-state index is 10.9. The van der Waals surface area contributed by atoms with E-state index in [0.29, 0.717) is 5.56 Å². The molecule has 0 amide bonds. The average molecular weight is 758 g/mol. The first-order valence-electron chi connectivity index (χ1n) is 17.4. The van der Waals surface area contributed by atoms with Crippen LogP contribution >= 0.6 is 0 Å². The molecule has 8 rings (SSSR count). The number of aryl methyl sites for hydroxylation is 1. The second kappa shape index (κ2) is 16.8. The van der Waals surface area contributed by atoms with Gasteiger partial charge in [-0.3, -0.25) is 9.78 Å². The Morgan fingerprint density at radius 2 is 1.02 bits per heavy atom. The number of allylic oxidation sites excluding steroid dienone is 3. The van der Waals surface area contributed by atoms with Crippen LogP contribution in [0.3, 0.4) is 0 Å². The fraction of sp³-hybridized carbons (Fsp3) is 0.109. The molecule has 0 spiro atoms. The number of hydrogen-bond acceptors (Lipinski definition) is 7. The molecule has 0 fully saturated rings. The maximum Gasteiger partial charge on any atom is 0.150 e. The van der Waals surface area contributed by atoms with E-state index in [4.69, 9.17) is 20.1 Å². The van der Waals surface area contributed by atoms with Crippen LogP contribution in [0.1, 0.15) is 41.2 Å². The maximum atomic E-state index is 10.9. The number of hydrogen-bond donors (Lipinski definition) is 2. The summed E-state index contributed by atoms with van der Waals surface area (Å²) in [6, 6.07) is 39.8. The van der Waals surface area contributed by atoms with Crippen LogP contribution < -0.4 is 0 Å². The molecular weight excluding hydrogens is 720 g/mol. The molecule has 8 heteroatoms. The average Bonchev–Trinajstić information content (AvgIpc) is 3.22. The number of aldehydes is 1. The number of aliphatic hydroxyl groups is 2. The summed E-state index contributed by atoms with van der Waals surface area (Å²) in [4.78, 5) is 30.2. The minimum atomic E-state index is 0. The molecule has 7 nitrogen and oxygen atoms in total. The van der Waals surface area contributed by atoms with E-state index in [0.717, 1.165) is 101 Å². The second-order valence-corrected chi connectivity index (χ2v) is 13.1. The van der Waals surface area contributed by atoms with E-state index in [2.05, 4.69) is 53.5 Å². The number of nitrogens with zero attached hydrogens (tertiary/aromatic N) is 4. The van der Waals surface area contributed by atoms with Gasteiger partial charge in [-0.15, -0.1) is 0 Å². The molecular formula is C46H38CuN4O3. The standard InChI is InChI=1S/C26H22N2O2.C20H16N2O.Cu/c1-17(15-29)3-4-18(2)23-13-11-21-9-10-22-12-14-24(28-26(22)25(21)27-23)20-7-5-19(16-30)6-8-20;1-13-2-5-16-8-9-17-10-11-18(22-20(17)19(16)21-13)15-6-3-14(12-23)4-7-15;/h3-14,16,29H,15H2,1-2H3;2-11,23H,12H2,1H3;/b17-3+,18-4+;;. The van der Waals surface area contributed by atoms with E-state index in [9.17, 15) is 9.90 Å². The molecule has 0 saturated carbocycles. The number of aliphatic hydroxyl groups excluding tert-OH is 2. The summed E-state index contributed by atoms with van der Waals surface area (Å²) >= 11 is 0. The Bertz CT molecular complexity index is 2690. The smallest absolute Gasteiger partial charge is 0.150 e. The summed E-state index contributed by atoms with van der Waals surface area (Å²) in [5.41, 5.74) is 12.6. The molecule has 0 saturated heterocycles. The largest absolute Gasteiger partial charge is 0.392 e. The molecule has 0 aliphatic rings. The number of aromatic nitrogens is 4. The van der Waals surface area contributed by atoms with Crippen LogP contribution in [0.15, 0.2) is 139 Å². The topological polar surface area (TPSA) is 109 Å².